The SMILES string of the molecule is CCN(c1ncccc1C(F)(F)F)C(C)CC(=O)O. The minimum absolute atomic E-state index is 0.230. The van der Waals surface area contributed by atoms with Gasteiger partial charge in [0.25, 0.3) is 0 Å². The molecule has 0 bridgehead atoms. The lowest BCUT2D eigenvalue weighted by atomic mass is 10.1. The standard InChI is InChI=1S/C12H15F3N2O2/c1-3-17(8(2)7-10(18)19)11-9(12(13,14)15)5-4-6-16-11/h4-6,8H,3,7H2,1-2H3,(H,18,19). The van der Waals surface area contributed by atoms with E-state index in [1.165, 1.54) is 17.2 Å². The molecule has 1 atom stereocenters. The smallest absolute Gasteiger partial charge is 0.419 e. The minimum atomic E-state index is -4.51. The van der Waals surface area contributed by atoms with Crippen LogP contribution in [0, 0.1) is 0 Å². The van der Waals surface area contributed by atoms with Crippen molar-refractivity contribution < 1.29 is 23.1 Å². The van der Waals surface area contributed by atoms with Gasteiger partial charge in [-0.3, -0.25) is 4.79 Å². The lowest BCUT2D eigenvalue weighted by molar-refractivity contribution is -0.137. The first-order valence-electron chi connectivity index (χ1n) is 5.78. The lowest BCUT2D eigenvalue weighted by Crippen LogP contribution is -2.36. The number of carboxylic acid groups (broad SMARTS) is 1. The molecule has 7 heteroatoms. The van der Waals surface area contributed by atoms with Gasteiger partial charge in [0.05, 0.1) is 12.0 Å². The molecular weight excluding hydrogens is 261 g/mol. The van der Waals surface area contributed by atoms with E-state index in [9.17, 15) is 18.0 Å². The van der Waals surface area contributed by atoms with Crippen LogP contribution < -0.4 is 4.90 Å². The van der Waals surface area contributed by atoms with Crippen molar-refractivity contribution in [2.45, 2.75) is 32.5 Å². The fraction of sp³-hybridized carbons (Fsp3) is 0.500. The Morgan fingerprint density at radius 3 is 2.63 bits per heavy atom. The number of aliphatic carboxylic acids is 1. The number of halogens is 3. The summed E-state index contributed by atoms with van der Waals surface area (Å²) in [6.45, 7) is 3.47. The molecule has 106 valence electrons. The van der Waals surface area contributed by atoms with Crippen LogP contribution >= 0.6 is 0 Å². The van der Waals surface area contributed by atoms with Gasteiger partial charge in [-0.2, -0.15) is 13.2 Å². The molecule has 0 amide bonds. The van der Waals surface area contributed by atoms with E-state index in [4.69, 9.17) is 5.11 Å². The number of alkyl halides is 3. The maximum atomic E-state index is 12.9. The molecule has 0 aromatic carbocycles. The number of carboxylic acids is 1. The molecule has 0 aliphatic heterocycles. The number of carbonyl (C=O) groups is 1. The second kappa shape index (κ2) is 5.90. The van der Waals surface area contributed by atoms with Crippen molar-refractivity contribution in [1.29, 1.82) is 0 Å². The van der Waals surface area contributed by atoms with Gasteiger partial charge in [0, 0.05) is 18.8 Å². The third kappa shape index (κ3) is 3.84. The molecule has 1 unspecified atom stereocenters. The highest BCUT2D eigenvalue weighted by Gasteiger charge is 2.36. The highest BCUT2D eigenvalue weighted by atomic mass is 19.4. The number of hydrogen-bond donors (Lipinski definition) is 1. The van der Waals surface area contributed by atoms with E-state index in [0.29, 0.717) is 0 Å². The number of hydrogen-bond acceptors (Lipinski definition) is 3. The normalized spacial score (nSPS) is 13.1. The highest BCUT2D eigenvalue weighted by Crippen LogP contribution is 2.35. The van der Waals surface area contributed by atoms with Crippen molar-refractivity contribution >= 4 is 11.8 Å². The average Bonchev–Trinajstić information content (AvgIpc) is 2.28. The summed E-state index contributed by atoms with van der Waals surface area (Å²) < 4.78 is 38.7. The van der Waals surface area contributed by atoms with Crippen molar-refractivity contribution in [1.82, 2.24) is 4.98 Å². The molecule has 0 radical (unpaired) electrons. The van der Waals surface area contributed by atoms with Crippen LogP contribution in [0.3, 0.4) is 0 Å². The van der Waals surface area contributed by atoms with Crippen LogP contribution in [0.15, 0.2) is 18.3 Å². The fourth-order valence-electron chi connectivity index (χ4n) is 1.88. The predicted molar refractivity (Wildman–Crippen MR) is 64.0 cm³/mol. The predicted octanol–water partition coefficient (Wildman–Crippen LogP) is 2.79. The molecule has 0 spiro atoms. The van der Waals surface area contributed by atoms with E-state index in [0.717, 1.165) is 6.07 Å². The maximum Gasteiger partial charge on any atom is 0.419 e. The van der Waals surface area contributed by atoms with Crippen LogP contribution in [0.1, 0.15) is 25.8 Å². The van der Waals surface area contributed by atoms with Crippen LogP contribution in [0.4, 0.5) is 19.0 Å². The Morgan fingerprint density at radius 2 is 2.16 bits per heavy atom. The largest absolute Gasteiger partial charge is 0.481 e. The van der Waals surface area contributed by atoms with Gasteiger partial charge in [-0.15, -0.1) is 0 Å². The van der Waals surface area contributed by atoms with Gasteiger partial charge < -0.3 is 10.0 Å². The molecule has 0 saturated carbocycles. The molecule has 0 aliphatic carbocycles. The maximum absolute atomic E-state index is 12.9. The monoisotopic (exact) mass is 276 g/mol. The summed E-state index contributed by atoms with van der Waals surface area (Å²) in [5.41, 5.74) is -0.853. The van der Waals surface area contributed by atoms with Gasteiger partial charge in [-0.25, -0.2) is 4.98 Å². The topological polar surface area (TPSA) is 53.4 Å². The van der Waals surface area contributed by atoms with E-state index in [2.05, 4.69) is 4.98 Å². The zero-order chi connectivity index (χ0) is 14.6. The zero-order valence-corrected chi connectivity index (χ0v) is 10.6. The molecule has 1 aromatic heterocycles. The van der Waals surface area contributed by atoms with Gasteiger partial charge in [0.15, 0.2) is 0 Å². The molecule has 1 N–H and O–H groups in total. The van der Waals surface area contributed by atoms with Gasteiger partial charge in [0.1, 0.15) is 5.82 Å². The molecule has 1 aromatic rings. The Hall–Kier alpha value is -1.79. The summed E-state index contributed by atoms with van der Waals surface area (Å²) in [6, 6.07) is 1.58. The van der Waals surface area contributed by atoms with E-state index < -0.39 is 23.8 Å². The van der Waals surface area contributed by atoms with Crippen LogP contribution in [0.2, 0.25) is 0 Å². The summed E-state index contributed by atoms with van der Waals surface area (Å²) in [4.78, 5) is 15.8. The lowest BCUT2D eigenvalue weighted by Gasteiger charge is -2.30. The summed E-state index contributed by atoms with van der Waals surface area (Å²) in [5, 5.41) is 8.74. The Labute approximate surface area is 108 Å². The van der Waals surface area contributed by atoms with E-state index >= 15 is 0 Å². The van der Waals surface area contributed by atoms with Crippen LogP contribution in [0.5, 0.6) is 0 Å². The highest BCUT2D eigenvalue weighted by molar-refractivity contribution is 5.68. The second-order valence-corrected chi connectivity index (χ2v) is 4.11. The van der Waals surface area contributed by atoms with Gasteiger partial charge >= 0.3 is 12.1 Å². The Bertz CT molecular complexity index is 449. The van der Waals surface area contributed by atoms with Gasteiger partial charge in [-0.05, 0) is 26.0 Å². The molecular formula is C12H15F3N2O2. The van der Waals surface area contributed by atoms with E-state index in [-0.39, 0.29) is 18.8 Å². The number of anilines is 1. The number of pyridine rings is 1. The van der Waals surface area contributed by atoms with Crippen LogP contribution in [-0.4, -0.2) is 28.6 Å². The summed E-state index contributed by atoms with van der Waals surface area (Å²) >= 11 is 0. The number of aromatic nitrogens is 1. The first-order valence-corrected chi connectivity index (χ1v) is 5.78. The van der Waals surface area contributed by atoms with Gasteiger partial charge in [-0.1, -0.05) is 0 Å². The van der Waals surface area contributed by atoms with Crippen molar-refractivity contribution in [3.05, 3.63) is 23.9 Å². The first kappa shape index (κ1) is 15.3. The molecule has 1 rings (SSSR count). The quantitative estimate of drug-likeness (QED) is 0.898. The molecule has 0 aliphatic rings. The van der Waals surface area contributed by atoms with Gasteiger partial charge in [0.2, 0.25) is 0 Å². The Balaban J connectivity index is 3.15. The minimum Gasteiger partial charge on any atom is -0.481 e. The Morgan fingerprint density at radius 1 is 1.53 bits per heavy atom. The average molecular weight is 276 g/mol. The number of rotatable bonds is 5. The van der Waals surface area contributed by atoms with Crippen molar-refractivity contribution in [2.75, 3.05) is 11.4 Å². The Kier molecular flexibility index (Phi) is 4.74. The summed E-state index contributed by atoms with van der Waals surface area (Å²) in [5.74, 6) is -1.29. The van der Waals surface area contributed by atoms with Crippen molar-refractivity contribution in [2.24, 2.45) is 0 Å². The number of nitrogens with zero attached hydrogens (tertiary/aromatic N) is 2. The summed E-state index contributed by atoms with van der Waals surface area (Å²) in [6.07, 6.45) is -3.50. The van der Waals surface area contributed by atoms with Crippen molar-refractivity contribution in [3.8, 4) is 0 Å². The van der Waals surface area contributed by atoms with E-state index in [1.807, 2.05) is 0 Å². The van der Waals surface area contributed by atoms with Crippen molar-refractivity contribution in [3.63, 3.8) is 0 Å². The molecule has 19 heavy (non-hydrogen) atoms. The first-order chi connectivity index (χ1) is 8.77. The molecule has 1 heterocycles. The molecule has 0 saturated heterocycles. The molecule has 0 fully saturated rings. The summed E-state index contributed by atoms with van der Waals surface area (Å²) in [7, 11) is 0. The third-order valence-electron chi connectivity index (χ3n) is 2.71. The molecule has 4 nitrogen and oxygen atoms in total. The third-order valence-corrected chi connectivity index (χ3v) is 2.71. The second-order valence-electron chi connectivity index (χ2n) is 4.11. The fourth-order valence-corrected chi connectivity index (χ4v) is 1.88. The van der Waals surface area contributed by atoms with Crippen LogP contribution in [-0.2, 0) is 11.0 Å². The van der Waals surface area contributed by atoms with E-state index in [1.54, 1.807) is 13.8 Å². The zero-order valence-electron chi connectivity index (χ0n) is 10.6. The van der Waals surface area contributed by atoms with Crippen LogP contribution in [0.25, 0.3) is 0 Å².